The van der Waals surface area contributed by atoms with Crippen molar-refractivity contribution in [1.82, 2.24) is 4.90 Å². The number of nitrogens with zero attached hydrogens (tertiary/aromatic N) is 2. The molecule has 1 aromatic rings. The maximum atomic E-state index is 11.4. The zero-order valence-electron chi connectivity index (χ0n) is 8.05. The minimum absolute atomic E-state index is 0.393. The fraction of sp³-hybridized carbons (Fsp3) is 0.400. The average molecular weight is 206 g/mol. The molecule has 1 fully saturated rings. The van der Waals surface area contributed by atoms with Crippen LogP contribution >= 0.6 is 0 Å². The summed E-state index contributed by atoms with van der Waals surface area (Å²) in [4.78, 5) is 12.9. The van der Waals surface area contributed by atoms with Gasteiger partial charge in [-0.2, -0.15) is 5.26 Å². The molecule has 2 rings (SSSR count). The van der Waals surface area contributed by atoms with E-state index in [-0.39, 0.29) is 0 Å². The minimum Gasteiger partial charge on any atom is -0.467 e. The molecule has 0 spiro atoms. The second kappa shape index (κ2) is 4.05. The van der Waals surface area contributed by atoms with Crippen LogP contribution in [0, 0.1) is 11.3 Å². The van der Waals surface area contributed by atoms with Crippen molar-refractivity contribution in [2.45, 2.75) is 19.1 Å². The van der Waals surface area contributed by atoms with Crippen LogP contribution in [-0.2, 0) is 11.3 Å². The number of rotatable bonds is 2. The van der Waals surface area contributed by atoms with E-state index < -0.39 is 12.2 Å². The smallest absolute Gasteiger partial charge is 0.411 e. The maximum Gasteiger partial charge on any atom is 0.411 e. The van der Waals surface area contributed by atoms with Crippen molar-refractivity contribution < 1.29 is 13.9 Å². The van der Waals surface area contributed by atoms with Gasteiger partial charge in [0, 0.05) is 13.0 Å². The van der Waals surface area contributed by atoms with Gasteiger partial charge in [0.2, 0.25) is 0 Å². The van der Waals surface area contributed by atoms with E-state index in [4.69, 9.17) is 14.4 Å². The van der Waals surface area contributed by atoms with E-state index in [0.717, 1.165) is 0 Å². The molecular weight excluding hydrogens is 196 g/mol. The zero-order chi connectivity index (χ0) is 10.7. The second-order valence-electron chi connectivity index (χ2n) is 3.29. The highest BCUT2D eigenvalue weighted by Crippen LogP contribution is 2.14. The van der Waals surface area contributed by atoms with E-state index in [0.29, 0.717) is 25.3 Å². The third kappa shape index (κ3) is 2.10. The van der Waals surface area contributed by atoms with Crippen LogP contribution in [0.1, 0.15) is 12.2 Å². The summed E-state index contributed by atoms with van der Waals surface area (Å²) in [5.41, 5.74) is 0. The minimum atomic E-state index is -0.606. The summed E-state index contributed by atoms with van der Waals surface area (Å²) in [6.45, 7) is 0.918. The predicted molar refractivity (Wildman–Crippen MR) is 49.6 cm³/mol. The van der Waals surface area contributed by atoms with Crippen LogP contribution in [-0.4, -0.2) is 23.6 Å². The average Bonchev–Trinajstić information content (AvgIpc) is 2.74. The number of nitriles is 1. The Hall–Kier alpha value is -1.96. The Morgan fingerprint density at radius 1 is 1.67 bits per heavy atom. The highest BCUT2D eigenvalue weighted by atomic mass is 16.6. The number of amides is 1. The van der Waals surface area contributed by atoms with Gasteiger partial charge in [-0.05, 0) is 12.1 Å². The maximum absolute atomic E-state index is 11.4. The van der Waals surface area contributed by atoms with Crippen molar-refractivity contribution in [2.24, 2.45) is 0 Å². The van der Waals surface area contributed by atoms with Crippen molar-refractivity contribution in [3.8, 4) is 6.07 Å². The van der Waals surface area contributed by atoms with Gasteiger partial charge in [-0.3, -0.25) is 0 Å². The number of hydrogen-bond acceptors (Lipinski definition) is 4. The SMILES string of the molecule is N#CC1CCN(Cc2ccco2)C(=O)O1. The van der Waals surface area contributed by atoms with Crippen LogP contribution in [0.4, 0.5) is 4.79 Å². The lowest BCUT2D eigenvalue weighted by Crippen LogP contribution is -2.40. The lowest BCUT2D eigenvalue weighted by atomic mass is 10.2. The van der Waals surface area contributed by atoms with Gasteiger partial charge in [0.1, 0.15) is 11.8 Å². The molecule has 5 nitrogen and oxygen atoms in total. The zero-order valence-corrected chi connectivity index (χ0v) is 8.05. The van der Waals surface area contributed by atoms with Gasteiger partial charge in [0.05, 0.1) is 12.8 Å². The van der Waals surface area contributed by atoms with E-state index in [1.165, 1.54) is 4.90 Å². The summed E-state index contributed by atoms with van der Waals surface area (Å²) in [6, 6.07) is 5.48. The van der Waals surface area contributed by atoms with Crippen molar-refractivity contribution in [3.63, 3.8) is 0 Å². The molecule has 0 aromatic carbocycles. The van der Waals surface area contributed by atoms with Crippen LogP contribution < -0.4 is 0 Å². The highest BCUT2D eigenvalue weighted by Gasteiger charge is 2.27. The van der Waals surface area contributed by atoms with Gasteiger partial charge in [0.25, 0.3) is 0 Å². The Labute approximate surface area is 86.8 Å². The number of ether oxygens (including phenoxy) is 1. The first-order valence-electron chi connectivity index (χ1n) is 4.67. The first-order chi connectivity index (χ1) is 7.29. The number of furan rings is 1. The molecule has 78 valence electrons. The summed E-state index contributed by atoms with van der Waals surface area (Å²) >= 11 is 0. The molecule has 0 saturated carbocycles. The largest absolute Gasteiger partial charge is 0.467 e. The van der Waals surface area contributed by atoms with Crippen LogP contribution in [0.15, 0.2) is 22.8 Å². The highest BCUT2D eigenvalue weighted by molar-refractivity contribution is 5.68. The molecule has 2 heterocycles. The van der Waals surface area contributed by atoms with Gasteiger partial charge in [-0.25, -0.2) is 4.79 Å². The molecule has 1 unspecified atom stereocenters. The summed E-state index contributed by atoms with van der Waals surface area (Å²) in [5, 5.41) is 8.59. The van der Waals surface area contributed by atoms with E-state index in [1.807, 2.05) is 6.07 Å². The standard InChI is InChI=1S/C10H10N2O3/c11-6-8-3-4-12(10(13)15-8)7-9-2-1-5-14-9/h1-2,5,8H,3-4,7H2. The molecule has 0 aliphatic carbocycles. The van der Waals surface area contributed by atoms with Gasteiger partial charge in [0.15, 0.2) is 6.10 Å². The van der Waals surface area contributed by atoms with Gasteiger partial charge in [-0.1, -0.05) is 0 Å². The molecule has 1 aromatic heterocycles. The third-order valence-electron chi connectivity index (χ3n) is 2.23. The molecule has 5 heteroatoms. The number of carbonyl (C=O) groups excluding carboxylic acids is 1. The van der Waals surface area contributed by atoms with Crippen LogP contribution in [0.25, 0.3) is 0 Å². The Morgan fingerprint density at radius 3 is 3.13 bits per heavy atom. The number of carbonyl (C=O) groups is 1. The molecule has 0 bridgehead atoms. The molecule has 1 aliphatic heterocycles. The molecule has 1 atom stereocenters. The lowest BCUT2D eigenvalue weighted by Gasteiger charge is -2.27. The predicted octanol–water partition coefficient (Wildman–Crippen LogP) is 1.51. The van der Waals surface area contributed by atoms with Crippen molar-refractivity contribution in [3.05, 3.63) is 24.2 Å². The normalized spacial score (nSPS) is 20.9. The van der Waals surface area contributed by atoms with Gasteiger partial charge < -0.3 is 14.1 Å². The Morgan fingerprint density at radius 2 is 2.53 bits per heavy atom. The van der Waals surface area contributed by atoms with Crippen molar-refractivity contribution in [2.75, 3.05) is 6.54 Å². The fourth-order valence-electron chi connectivity index (χ4n) is 1.44. The quantitative estimate of drug-likeness (QED) is 0.735. The van der Waals surface area contributed by atoms with Crippen LogP contribution in [0.2, 0.25) is 0 Å². The summed E-state index contributed by atoms with van der Waals surface area (Å²) in [5.74, 6) is 0.711. The first kappa shape index (κ1) is 9.59. The Kier molecular flexibility index (Phi) is 2.59. The third-order valence-corrected chi connectivity index (χ3v) is 2.23. The molecule has 0 N–H and O–H groups in total. The summed E-state index contributed by atoms with van der Waals surface area (Å²) in [7, 11) is 0. The molecule has 1 amide bonds. The molecule has 15 heavy (non-hydrogen) atoms. The Bertz CT molecular complexity index is 380. The van der Waals surface area contributed by atoms with Crippen molar-refractivity contribution >= 4 is 6.09 Å². The number of cyclic esters (lactones) is 1. The second-order valence-corrected chi connectivity index (χ2v) is 3.29. The number of hydrogen-bond donors (Lipinski definition) is 0. The summed E-state index contributed by atoms with van der Waals surface area (Å²) in [6.07, 6.45) is 1.04. The molecule has 1 saturated heterocycles. The van der Waals surface area contributed by atoms with E-state index in [9.17, 15) is 4.79 Å². The monoisotopic (exact) mass is 206 g/mol. The molecule has 0 radical (unpaired) electrons. The molecular formula is C10H10N2O3. The first-order valence-corrected chi connectivity index (χ1v) is 4.67. The van der Waals surface area contributed by atoms with Crippen molar-refractivity contribution in [1.29, 1.82) is 5.26 Å². The van der Waals surface area contributed by atoms with Crippen LogP contribution in [0.3, 0.4) is 0 Å². The van der Waals surface area contributed by atoms with E-state index >= 15 is 0 Å². The lowest BCUT2D eigenvalue weighted by molar-refractivity contribution is 0.0426. The summed E-state index contributed by atoms with van der Waals surface area (Å²) < 4.78 is 10.0. The Balaban J connectivity index is 1.95. The van der Waals surface area contributed by atoms with E-state index in [1.54, 1.807) is 18.4 Å². The topological polar surface area (TPSA) is 66.5 Å². The fourth-order valence-corrected chi connectivity index (χ4v) is 1.44. The van der Waals surface area contributed by atoms with E-state index in [2.05, 4.69) is 0 Å². The van der Waals surface area contributed by atoms with Crippen LogP contribution in [0.5, 0.6) is 0 Å². The van der Waals surface area contributed by atoms with Gasteiger partial charge in [-0.15, -0.1) is 0 Å². The van der Waals surface area contributed by atoms with Gasteiger partial charge >= 0.3 is 6.09 Å². The molecule has 1 aliphatic rings.